The van der Waals surface area contributed by atoms with Crippen LogP contribution in [0.2, 0.25) is 0 Å². The van der Waals surface area contributed by atoms with Crippen LogP contribution in [0.1, 0.15) is 44.8 Å². The molecule has 2 N–H and O–H groups in total. The van der Waals surface area contributed by atoms with Gasteiger partial charge in [-0.05, 0) is 44.2 Å². The molecule has 1 aliphatic rings. The number of hydrogen-bond donors (Lipinski definition) is 1. The average Bonchev–Trinajstić information content (AvgIpc) is 3.20. The Balaban J connectivity index is 2.06. The van der Waals surface area contributed by atoms with E-state index in [0.29, 0.717) is 6.04 Å². The number of nitrogens with zero attached hydrogens (tertiary/aromatic N) is 2. The summed E-state index contributed by atoms with van der Waals surface area (Å²) in [6, 6.07) is 4.87. The first-order valence-electron chi connectivity index (χ1n) is 6.57. The largest absolute Gasteiger partial charge is 0.370 e. The van der Waals surface area contributed by atoms with Crippen molar-refractivity contribution in [3.05, 3.63) is 24.0 Å². The van der Waals surface area contributed by atoms with Crippen molar-refractivity contribution < 1.29 is 0 Å². The third-order valence-corrected chi connectivity index (χ3v) is 3.91. The lowest BCUT2D eigenvalue weighted by Crippen LogP contribution is -2.30. The fourth-order valence-corrected chi connectivity index (χ4v) is 2.16. The summed E-state index contributed by atoms with van der Waals surface area (Å²) >= 11 is 0. The molecule has 3 nitrogen and oxygen atoms in total. The molecule has 0 radical (unpaired) electrons. The second-order valence-corrected chi connectivity index (χ2v) is 5.14. The van der Waals surface area contributed by atoms with Crippen molar-refractivity contribution in [3.8, 4) is 0 Å². The zero-order valence-electron chi connectivity index (χ0n) is 11.1. The Morgan fingerprint density at radius 2 is 2.18 bits per heavy atom. The summed E-state index contributed by atoms with van der Waals surface area (Å²) in [6.45, 7) is 4.38. The van der Waals surface area contributed by atoms with Gasteiger partial charge in [-0.15, -0.1) is 0 Å². The second-order valence-electron chi connectivity index (χ2n) is 5.14. The van der Waals surface area contributed by atoms with Crippen LogP contribution in [-0.2, 0) is 0 Å². The van der Waals surface area contributed by atoms with Crippen LogP contribution in [0.15, 0.2) is 18.3 Å². The molecular weight excluding hydrogens is 210 g/mol. The summed E-state index contributed by atoms with van der Waals surface area (Å²) < 4.78 is 0. The van der Waals surface area contributed by atoms with Crippen LogP contribution in [0, 0.1) is 5.92 Å². The number of hydrogen-bond acceptors (Lipinski definition) is 3. The summed E-state index contributed by atoms with van der Waals surface area (Å²) in [6.07, 6.45) is 5.62. The smallest absolute Gasteiger partial charge is 0.0572 e. The lowest BCUT2D eigenvalue weighted by molar-refractivity contribution is 0.607. The van der Waals surface area contributed by atoms with Crippen LogP contribution in [0.3, 0.4) is 0 Å². The molecule has 0 bridgehead atoms. The minimum absolute atomic E-state index is 0.0650. The van der Waals surface area contributed by atoms with E-state index in [1.54, 1.807) is 0 Å². The minimum Gasteiger partial charge on any atom is -0.370 e. The maximum absolute atomic E-state index is 5.96. The zero-order chi connectivity index (χ0) is 12.4. The molecule has 17 heavy (non-hydrogen) atoms. The van der Waals surface area contributed by atoms with Crippen molar-refractivity contribution in [2.24, 2.45) is 11.7 Å². The first kappa shape index (κ1) is 12.4. The Bertz CT molecular complexity index is 356. The molecule has 1 fully saturated rings. The Morgan fingerprint density at radius 3 is 2.65 bits per heavy atom. The Hall–Kier alpha value is -1.09. The molecule has 2 rings (SSSR count). The molecule has 1 aliphatic carbocycles. The van der Waals surface area contributed by atoms with Gasteiger partial charge in [0.05, 0.1) is 17.6 Å². The fraction of sp³-hybridized carbons (Fsp3) is 0.643. The van der Waals surface area contributed by atoms with Crippen molar-refractivity contribution in [2.45, 2.75) is 45.2 Å². The number of nitrogens with two attached hydrogens (primary N) is 1. The van der Waals surface area contributed by atoms with E-state index in [4.69, 9.17) is 5.73 Å². The van der Waals surface area contributed by atoms with E-state index in [1.807, 2.05) is 6.20 Å². The highest BCUT2D eigenvalue weighted by atomic mass is 15.1. The topological polar surface area (TPSA) is 42.1 Å². The van der Waals surface area contributed by atoms with Gasteiger partial charge in [0, 0.05) is 19.1 Å². The van der Waals surface area contributed by atoms with E-state index in [0.717, 1.165) is 18.0 Å². The van der Waals surface area contributed by atoms with E-state index in [9.17, 15) is 0 Å². The van der Waals surface area contributed by atoms with Crippen LogP contribution in [0.5, 0.6) is 0 Å². The zero-order valence-corrected chi connectivity index (χ0v) is 11.1. The van der Waals surface area contributed by atoms with Crippen molar-refractivity contribution in [1.29, 1.82) is 0 Å². The number of rotatable bonds is 5. The van der Waals surface area contributed by atoms with Gasteiger partial charge in [0.15, 0.2) is 0 Å². The molecule has 1 aromatic heterocycles. The van der Waals surface area contributed by atoms with Gasteiger partial charge in [-0.25, -0.2) is 0 Å². The highest BCUT2D eigenvalue weighted by molar-refractivity contribution is 5.45. The van der Waals surface area contributed by atoms with Gasteiger partial charge in [-0.1, -0.05) is 6.92 Å². The summed E-state index contributed by atoms with van der Waals surface area (Å²) in [7, 11) is 2.15. The van der Waals surface area contributed by atoms with Crippen molar-refractivity contribution in [3.63, 3.8) is 0 Å². The first-order chi connectivity index (χ1) is 8.13. The molecule has 0 aromatic carbocycles. The molecule has 2 unspecified atom stereocenters. The molecule has 0 spiro atoms. The summed E-state index contributed by atoms with van der Waals surface area (Å²) in [4.78, 5) is 6.79. The van der Waals surface area contributed by atoms with Crippen molar-refractivity contribution in [2.75, 3.05) is 11.9 Å². The van der Waals surface area contributed by atoms with Crippen LogP contribution in [0.25, 0.3) is 0 Å². The predicted molar refractivity (Wildman–Crippen MR) is 72.0 cm³/mol. The molecule has 2 atom stereocenters. The molecule has 3 heteroatoms. The lowest BCUT2D eigenvalue weighted by atomic mass is 10.1. The van der Waals surface area contributed by atoms with Crippen molar-refractivity contribution >= 4 is 5.69 Å². The standard InChI is InChI=1S/C14H23N3/c1-4-13(15)14-8-7-12(9-16-14)17(3)10(2)11-5-6-11/h7-11,13H,4-6,15H2,1-3H3. The first-order valence-corrected chi connectivity index (χ1v) is 6.57. The van der Waals surface area contributed by atoms with Crippen LogP contribution in [-0.4, -0.2) is 18.1 Å². The highest BCUT2D eigenvalue weighted by Crippen LogP contribution is 2.36. The lowest BCUT2D eigenvalue weighted by Gasteiger charge is -2.27. The highest BCUT2D eigenvalue weighted by Gasteiger charge is 2.30. The van der Waals surface area contributed by atoms with Gasteiger partial charge in [0.25, 0.3) is 0 Å². The summed E-state index contributed by atoms with van der Waals surface area (Å²) in [5.74, 6) is 0.873. The molecule has 94 valence electrons. The molecule has 1 heterocycles. The second kappa shape index (κ2) is 5.05. The van der Waals surface area contributed by atoms with Gasteiger partial charge in [-0.3, -0.25) is 4.98 Å². The van der Waals surface area contributed by atoms with Gasteiger partial charge < -0.3 is 10.6 Å². The van der Waals surface area contributed by atoms with E-state index in [1.165, 1.54) is 18.5 Å². The normalized spacial score (nSPS) is 18.8. The molecule has 0 saturated heterocycles. The Labute approximate surface area is 104 Å². The van der Waals surface area contributed by atoms with Crippen LogP contribution >= 0.6 is 0 Å². The molecule has 0 aliphatic heterocycles. The van der Waals surface area contributed by atoms with Crippen LogP contribution in [0.4, 0.5) is 5.69 Å². The maximum Gasteiger partial charge on any atom is 0.0572 e. The van der Waals surface area contributed by atoms with E-state index in [2.05, 4.69) is 42.9 Å². The third kappa shape index (κ3) is 2.78. The average molecular weight is 233 g/mol. The van der Waals surface area contributed by atoms with Crippen molar-refractivity contribution in [1.82, 2.24) is 4.98 Å². The molecular formula is C14H23N3. The third-order valence-electron chi connectivity index (χ3n) is 3.91. The number of aromatic nitrogens is 1. The van der Waals surface area contributed by atoms with E-state index < -0.39 is 0 Å². The van der Waals surface area contributed by atoms with Gasteiger partial charge in [-0.2, -0.15) is 0 Å². The minimum atomic E-state index is 0.0650. The summed E-state index contributed by atoms with van der Waals surface area (Å²) in [5, 5.41) is 0. The fourth-order valence-electron chi connectivity index (χ4n) is 2.16. The molecule has 0 amide bonds. The molecule has 1 aromatic rings. The monoisotopic (exact) mass is 233 g/mol. The predicted octanol–water partition coefficient (Wildman–Crippen LogP) is 2.73. The van der Waals surface area contributed by atoms with Gasteiger partial charge >= 0.3 is 0 Å². The quantitative estimate of drug-likeness (QED) is 0.850. The Kier molecular flexibility index (Phi) is 3.67. The van der Waals surface area contributed by atoms with E-state index >= 15 is 0 Å². The van der Waals surface area contributed by atoms with E-state index in [-0.39, 0.29) is 6.04 Å². The van der Waals surface area contributed by atoms with Gasteiger partial charge in [0.1, 0.15) is 0 Å². The summed E-state index contributed by atoms with van der Waals surface area (Å²) in [5.41, 5.74) is 8.14. The maximum atomic E-state index is 5.96. The number of anilines is 1. The Morgan fingerprint density at radius 1 is 1.47 bits per heavy atom. The SMILES string of the molecule is CCC(N)c1ccc(N(C)C(C)C2CC2)cn1. The number of pyridine rings is 1. The van der Waals surface area contributed by atoms with Crippen LogP contribution < -0.4 is 10.6 Å². The molecule has 1 saturated carbocycles. The van der Waals surface area contributed by atoms with Gasteiger partial charge in [0.2, 0.25) is 0 Å².